The van der Waals surface area contributed by atoms with E-state index in [-0.39, 0.29) is 6.61 Å². The minimum atomic E-state index is -2.17. The minimum absolute atomic E-state index is 0.0916. The predicted molar refractivity (Wildman–Crippen MR) is 130 cm³/mol. The molecular formula is C27H27BO6. The third kappa shape index (κ3) is 5.10. The van der Waals surface area contributed by atoms with E-state index in [9.17, 15) is 15.3 Å². The van der Waals surface area contributed by atoms with Gasteiger partial charge in [0.15, 0.2) is 11.2 Å². The normalized spacial score (nSPS) is 12.8. The van der Waals surface area contributed by atoms with Crippen molar-refractivity contribution in [1.29, 1.82) is 0 Å². The van der Waals surface area contributed by atoms with Crippen molar-refractivity contribution in [2.24, 2.45) is 0 Å². The topological polar surface area (TPSA) is 121 Å². The van der Waals surface area contributed by atoms with Gasteiger partial charge >= 0.3 is 7.32 Å². The van der Waals surface area contributed by atoms with Gasteiger partial charge in [-0.25, -0.2) is 0 Å². The first kappa shape index (κ1) is 25.3. The highest BCUT2D eigenvalue weighted by atomic mass is 16.5. The van der Waals surface area contributed by atoms with E-state index < -0.39 is 18.5 Å². The first-order valence-electron chi connectivity index (χ1n) is 10.7. The molecule has 4 aromatic carbocycles. The summed E-state index contributed by atoms with van der Waals surface area (Å²) < 4.78 is 0. The molecule has 0 heterocycles. The Morgan fingerprint density at radius 2 is 0.735 bits per heavy atom. The summed E-state index contributed by atoms with van der Waals surface area (Å²) >= 11 is 0. The molecule has 0 saturated heterocycles. The molecule has 4 aromatic rings. The van der Waals surface area contributed by atoms with E-state index in [2.05, 4.69) is 0 Å². The number of hydrogen-bond acceptors (Lipinski definition) is 6. The van der Waals surface area contributed by atoms with Gasteiger partial charge in [0.25, 0.3) is 0 Å². The number of aliphatic hydroxyl groups excluding tert-OH is 1. The third-order valence-corrected chi connectivity index (χ3v) is 5.65. The van der Waals surface area contributed by atoms with Gasteiger partial charge in [-0.3, -0.25) is 0 Å². The summed E-state index contributed by atoms with van der Waals surface area (Å²) in [7, 11) is -2.17. The van der Waals surface area contributed by atoms with Crippen LogP contribution in [0.1, 0.15) is 27.8 Å². The Bertz CT molecular complexity index is 1100. The van der Waals surface area contributed by atoms with Crippen LogP contribution in [0.5, 0.6) is 0 Å². The number of hydrogen-bond donors (Lipinski definition) is 6. The SMILES string of the molecule is OB(O)O.OCc1ccc(C(O)(c2ccccc2)C(O)(c2ccccc2)c2ccccc2)cc1. The molecule has 0 aliphatic rings. The molecule has 0 aliphatic heterocycles. The van der Waals surface area contributed by atoms with E-state index in [1.165, 1.54) is 0 Å². The first-order valence-corrected chi connectivity index (χ1v) is 10.7. The molecule has 0 aliphatic carbocycles. The van der Waals surface area contributed by atoms with Crippen molar-refractivity contribution in [3.8, 4) is 0 Å². The Hall–Kier alpha value is -3.30. The Balaban J connectivity index is 0.000000751. The van der Waals surface area contributed by atoms with Crippen LogP contribution in [0, 0.1) is 0 Å². The first-order chi connectivity index (χ1) is 16.3. The maximum atomic E-state index is 12.4. The summed E-state index contributed by atoms with van der Waals surface area (Å²) in [5.41, 5.74) is -0.569. The highest BCUT2D eigenvalue weighted by molar-refractivity contribution is 6.30. The predicted octanol–water partition coefficient (Wildman–Crippen LogP) is 2.30. The van der Waals surface area contributed by atoms with Crippen molar-refractivity contribution in [1.82, 2.24) is 0 Å². The summed E-state index contributed by atoms with van der Waals surface area (Å²) in [4.78, 5) is 0. The molecule has 174 valence electrons. The third-order valence-electron chi connectivity index (χ3n) is 5.65. The fraction of sp³-hybridized carbons (Fsp3) is 0.111. The van der Waals surface area contributed by atoms with Gasteiger partial charge in [0.05, 0.1) is 6.61 Å². The quantitative estimate of drug-likeness (QED) is 0.247. The second-order valence-electron chi connectivity index (χ2n) is 7.72. The lowest BCUT2D eigenvalue weighted by molar-refractivity contribution is -0.113. The molecule has 0 aromatic heterocycles. The van der Waals surface area contributed by atoms with Crippen LogP contribution < -0.4 is 0 Å². The van der Waals surface area contributed by atoms with E-state index >= 15 is 0 Å². The molecule has 4 rings (SSSR count). The maximum Gasteiger partial charge on any atom is 0.631 e. The van der Waals surface area contributed by atoms with Crippen LogP contribution in [-0.2, 0) is 17.8 Å². The summed E-state index contributed by atoms with van der Waals surface area (Å²) in [5, 5.41) is 55.8. The van der Waals surface area contributed by atoms with Crippen LogP contribution in [0.25, 0.3) is 0 Å². The van der Waals surface area contributed by atoms with Gasteiger partial charge in [-0.1, -0.05) is 115 Å². The zero-order valence-electron chi connectivity index (χ0n) is 18.4. The summed E-state index contributed by atoms with van der Waals surface area (Å²) in [6, 6.07) is 34.7. The second-order valence-corrected chi connectivity index (χ2v) is 7.72. The molecule has 0 amide bonds. The molecule has 0 spiro atoms. The lowest BCUT2D eigenvalue weighted by atomic mass is 9.66. The fourth-order valence-electron chi connectivity index (χ4n) is 4.06. The van der Waals surface area contributed by atoms with Crippen molar-refractivity contribution in [2.75, 3.05) is 0 Å². The van der Waals surface area contributed by atoms with Gasteiger partial charge in [-0.15, -0.1) is 0 Å². The summed E-state index contributed by atoms with van der Waals surface area (Å²) in [6.45, 7) is -0.0916. The van der Waals surface area contributed by atoms with Gasteiger partial charge in [-0.2, -0.15) is 0 Å². The molecule has 7 heteroatoms. The lowest BCUT2D eigenvalue weighted by Gasteiger charge is -2.45. The average molecular weight is 458 g/mol. The molecule has 0 radical (unpaired) electrons. The molecule has 0 fully saturated rings. The van der Waals surface area contributed by atoms with Crippen molar-refractivity contribution < 1.29 is 30.4 Å². The molecule has 0 bridgehead atoms. The zero-order chi connectivity index (χ0) is 24.6. The number of benzene rings is 4. The van der Waals surface area contributed by atoms with Crippen LogP contribution in [0.15, 0.2) is 115 Å². The van der Waals surface area contributed by atoms with E-state index in [1.54, 1.807) is 24.3 Å². The van der Waals surface area contributed by atoms with Gasteiger partial charge < -0.3 is 30.4 Å². The molecule has 1 atom stereocenters. The maximum absolute atomic E-state index is 12.4. The molecule has 34 heavy (non-hydrogen) atoms. The van der Waals surface area contributed by atoms with Gasteiger partial charge in [0.2, 0.25) is 0 Å². The summed E-state index contributed by atoms with van der Waals surface area (Å²) in [6.07, 6.45) is 0. The van der Waals surface area contributed by atoms with E-state index in [1.807, 2.05) is 91.0 Å². The van der Waals surface area contributed by atoms with Crippen LogP contribution in [0.2, 0.25) is 0 Å². The second kappa shape index (κ2) is 11.2. The van der Waals surface area contributed by atoms with Gasteiger partial charge in [0, 0.05) is 0 Å². The number of aliphatic hydroxyl groups is 3. The highest BCUT2D eigenvalue weighted by Gasteiger charge is 2.54. The standard InChI is InChI=1S/C27H24O3.BH3O3/c28-20-21-16-18-25(19-17-21)27(30,24-14-8-3-9-15-24)26(29,22-10-4-1-5-11-22)23-12-6-2-7-13-23;2-1(3)4/h1-19,28-30H,20H2;2-4H. The van der Waals surface area contributed by atoms with E-state index in [4.69, 9.17) is 15.1 Å². The van der Waals surface area contributed by atoms with Crippen LogP contribution in [0.3, 0.4) is 0 Å². The molecular weight excluding hydrogens is 431 g/mol. The van der Waals surface area contributed by atoms with Crippen molar-refractivity contribution in [2.45, 2.75) is 17.8 Å². The van der Waals surface area contributed by atoms with Crippen molar-refractivity contribution >= 4 is 7.32 Å². The monoisotopic (exact) mass is 458 g/mol. The summed E-state index contributed by atoms with van der Waals surface area (Å²) in [5.74, 6) is 0. The lowest BCUT2D eigenvalue weighted by Crippen LogP contribution is -2.51. The molecule has 0 saturated carbocycles. The number of rotatable bonds is 6. The Kier molecular flexibility index (Phi) is 8.36. The smallest absolute Gasteiger partial charge is 0.402 e. The van der Waals surface area contributed by atoms with Crippen molar-refractivity contribution in [3.05, 3.63) is 143 Å². The largest absolute Gasteiger partial charge is 0.631 e. The Morgan fingerprint density at radius 1 is 0.471 bits per heavy atom. The van der Waals surface area contributed by atoms with E-state index in [0.29, 0.717) is 22.3 Å². The Morgan fingerprint density at radius 3 is 1.00 bits per heavy atom. The van der Waals surface area contributed by atoms with Gasteiger partial charge in [-0.05, 0) is 27.8 Å². The van der Waals surface area contributed by atoms with Crippen molar-refractivity contribution in [3.63, 3.8) is 0 Å². The van der Waals surface area contributed by atoms with Crippen LogP contribution in [0.4, 0.5) is 0 Å². The van der Waals surface area contributed by atoms with Crippen LogP contribution >= 0.6 is 0 Å². The zero-order valence-corrected chi connectivity index (χ0v) is 18.4. The molecule has 6 nitrogen and oxygen atoms in total. The highest BCUT2D eigenvalue weighted by Crippen LogP contribution is 2.49. The average Bonchev–Trinajstić information content (AvgIpc) is 2.89. The van der Waals surface area contributed by atoms with Crippen LogP contribution in [-0.4, -0.2) is 37.7 Å². The van der Waals surface area contributed by atoms with Gasteiger partial charge in [0.1, 0.15) is 0 Å². The molecule has 6 N–H and O–H groups in total. The minimum Gasteiger partial charge on any atom is -0.402 e. The Labute approximate surface area is 198 Å². The fourth-order valence-corrected chi connectivity index (χ4v) is 4.06. The van der Waals surface area contributed by atoms with E-state index in [0.717, 1.165) is 5.56 Å². The molecule has 1 unspecified atom stereocenters.